The number of H-pyrrole nitrogens is 1. The van der Waals surface area contributed by atoms with Gasteiger partial charge in [-0.25, -0.2) is 9.97 Å². The first-order valence-electron chi connectivity index (χ1n) is 11.0. The SMILES string of the molecule is C=CC(=O)N1CC2(CCN(c3ncnc(-c4c(C)ccc5[nH]ncc45)c3CN(C)C)C2)C1. The Morgan fingerprint density at radius 3 is 2.84 bits per heavy atom. The van der Waals surface area contributed by atoms with E-state index in [1.165, 1.54) is 11.6 Å². The molecule has 0 aliphatic carbocycles. The van der Waals surface area contributed by atoms with Gasteiger partial charge in [0.15, 0.2) is 0 Å². The van der Waals surface area contributed by atoms with Crippen molar-refractivity contribution in [2.75, 3.05) is 45.2 Å². The summed E-state index contributed by atoms with van der Waals surface area (Å²) in [6.45, 7) is 9.90. The van der Waals surface area contributed by atoms with Crippen LogP contribution in [0.2, 0.25) is 0 Å². The van der Waals surface area contributed by atoms with Gasteiger partial charge in [-0.05, 0) is 45.1 Å². The summed E-state index contributed by atoms with van der Waals surface area (Å²) in [5.74, 6) is 1.02. The third-order valence-electron chi connectivity index (χ3n) is 6.74. The van der Waals surface area contributed by atoms with E-state index in [0.717, 1.165) is 72.7 Å². The summed E-state index contributed by atoms with van der Waals surface area (Å²) in [5.41, 5.74) is 5.52. The van der Waals surface area contributed by atoms with Crippen LogP contribution < -0.4 is 4.90 Å². The summed E-state index contributed by atoms with van der Waals surface area (Å²) >= 11 is 0. The fraction of sp³-hybridized carbons (Fsp3) is 0.417. The lowest BCUT2D eigenvalue weighted by Gasteiger charge is -2.47. The van der Waals surface area contributed by atoms with Gasteiger partial charge in [0.25, 0.3) is 0 Å². The second kappa shape index (κ2) is 7.70. The molecule has 0 bridgehead atoms. The lowest BCUT2D eigenvalue weighted by Crippen LogP contribution is -2.59. The number of carbonyl (C=O) groups excluding carboxylic acids is 1. The van der Waals surface area contributed by atoms with E-state index < -0.39 is 0 Å². The van der Waals surface area contributed by atoms with E-state index in [1.54, 1.807) is 6.33 Å². The number of carbonyl (C=O) groups is 1. The smallest absolute Gasteiger partial charge is 0.245 e. The predicted molar refractivity (Wildman–Crippen MR) is 125 cm³/mol. The quantitative estimate of drug-likeness (QED) is 0.626. The molecule has 1 spiro atoms. The van der Waals surface area contributed by atoms with Gasteiger partial charge in [0, 0.05) is 54.7 Å². The number of hydrogen-bond donors (Lipinski definition) is 1. The Bertz CT molecular complexity index is 1190. The Labute approximate surface area is 187 Å². The fourth-order valence-electron chi connectivity index (χ4n) is 5.22. The number of anilines is 1. The molecular formula is C24H29N7O. The van der Waals surface area contributed by atoms with Gasteiger partial charge in [0.2, 0.25) is 5.91 Å². The molecule has 0 radical (unpaired) electrons. The van der Waals surface area contributed by atoms with E-state index in [-0.39, 0.29) is 11.3 Å². The number of nitrogens with zero attached hydrogens (tertiary/aromatic N) is 6. The van der Waals surface area contributed by atoms with Crippen LogP contribution >= 0.6 is 0 Å². The van der Waals surface area contributed by atoms with Crippen LogP contribution in [0.15, 0.2) is 37.3 Å². The summed E-state index contributed by atoms with van der Waals surface area (Å²) in [7, 11) is 4.14. The number of hydrogen-bond acceptors (Lipinski definition) is 6. The average Bonchev–Trinajstić information content (AvgIpc) is 3.39. The van der Waals surface area contributed by atoms with Crippen LogP contribution in [0.3, 0.4) is 0 Å². The molecule has 166 valence electrons. The number of rotatable bonds is 5. The Hall–Kier alpha value is -3.26. The molecule has 0 unspecified atom stereocenters. The van der Waals surface area contributed by atoms with E-state index >= 15 is 0 Å². The van der Waals surface area contributed by atoms with Crippen molar-refractivity contribution < 1.29 is 4.79 Å². The van der Waals surface area contributed by atoms with E-state index in [9.17, 15) is 4.79 Å². The number of aromatic nitrogens is 4. The molecule has 1 aromatic carbocycles. The van der Waals surface area contributed by atoms with Gasteiger partial charge in [-0.1, -0.05) is 12.6 Å². The largest absolute Gasteiger partial charge is 0.356 e. The zero-order chi connectivity index (χ0) is 22.5. The Balaban J connectivity index is 1.53. The van der Waals surface area contributed by atoms with Gasteiger partial charge in [0.1, 0.15) is 12.1 Å². The van der Waals surface area contributed by atoms with E-state index in [1.807, 2.05) is 11.1 Å². The normalized spacial score (nSPS) is 17.4. The number of benzene rings is 1. The predicted octanol–water partition coefficient (Wildman–Crippen LogP) is 2.61. The molecule has 32 heavy (non-hydrogen) atoms. The molecule has 3 aromatic rings. The second-order valence-electron chi connectivity index (χ2n) is 9.42. The lowest BCUT2D eigenvalue weighted by atomic mass is 9.79. The van der Waals surface area contributed by atoms with Crippen LogP contribution in [0.25, 0.3) is 22.2 Å². The van der Waals surface area contributed by atoms with Crippen molar-refractivity contribution in [1.29, 1.82) is 0 Å². The van der Waals surface area contributed by atoms with Crippen LogP contribution in [0.5, 0.6) is 0 Å². The van der Waals surface area contributed by atoms with Gasteiger partial charge < -0.3 is 14.7 Å². The van der Waals surface area contributed by atoms with Crippen LogP contribution in [-0.4, -0.2) is 76.1 Å². The molecule has 4 heterocycles. The molecule has 2 aliphatic heterocycles. The molecular weight excluding hydrogens is 402 g/mol. The number of fused-ring (bicyclic) bond motifs is 1. The topological polar surface area (TPSA) is 81.2 Å². The summed E-state index contributed by atoms with van der Waals surface area (Å²) < 4.78 is 0. The van der Waals surface area contributed by atoms with Crippen molar-refractivity contribution in [2.24, 2.45) is 5.41 Å². The molecule has 8 heteroatoms. The van der Waals surface area contributed by atoms with Crippen molar-refractivity contribution in [3.63, 3.8) is 0 Å². The van der Waals surface area contributed by atoms with Crippen LogP contribution in [-0.2, 0) is 11.3 Å². The van der Waals surface area contributed by atoms with Crippen LogP contribution in [0.1, 0.15) is 17.5 Å². The monoisotopic (exact) mass is 431 g/mol. The number of aryl methyl sites for hydroxylation is 1. The minimum atomic E-state index is 0.0235. The molecule has 1 N–H and O–H groups in total. The number of likely N-dealkylation sites (tertiary alicyclic amines) is 1. The molecule has 5 rings (SSSR count). The summed E-state index contributed by atoms with van der Waals surface area (Å²) in [6.07, 6.45) is 6.03. The first-order valence-corrected chi connectivity index (χ1v) is 11.0. The van der Waals surface area contributed by atoms with Crippen molar-refractivity contribution in [3.8, 4) is 11.3 Å². The number of amides is 1. The van der Waals surface area contributed by atoms with Gasteiger partial charge in [-0.3, -0.25) is 9.89 Å². The fourth-order valence-corrected chi connectivity index (χ4v) is 5.22. The van der Waals surface area contributed by atoms with Crippen molar-refractivity contribution in [3.05, 3.63) is 48.4 Å². The van der Waals surface area contributed by atoms with Crippen molar-refractivity contribution in [2.45, 2.75) is 19.9 Å². The maximum Gasteiger partial charge on any atom is 0.245 e. The minimum absolute atomic E-state index is 0.0235. The Morgan fingerprint density at radius 1 is 1.28 bits per heavy atom. The lowest BCUT2D eigenvalue weighted by molar-refractivity contribution is -0.136. The number of aromatic amines is 1. The van der Waals surface area contributed by atoms with Gasteiger partial charge >= 0.3 is 0 Å². The Morgan fingerprint density at radius 2 is 2.09 bits per heavy atom. The summed E-state index contributed by atoms with van der Waals surface area (Å²) in [5, 5.41) is 8.41. The maximum atomic E-state index is 11.9. The zero-order valence-electron chi connectivity index (χ0n) is 18.9. The van der Waals surface area contributed by atoms with Gasteiger partial charge in [-0.15, -0.1) is 0 Å². The van der Waals surface area contributed by atoms with E-state index in [4.69, 9.17) is 9.97 Å². The molecule has 1 amide bonds. The molecule has 2 saturated heterocycles. The zero-order valence-corrected chi connectivity index (χ0v) is 18.9. The molecule has 8 nitrogen and oxygen atoms in total. The summed E-state index contributed by atoms with van der Waals surface area (Å²) in [4.78, 5) is 27.9. The summed E-state index contributed by atoms with van der Waals surface area (Å²) in [6, 6.07) is 4.17. The minimum Gasteiger partial charge on any atom is -0.356 e. The average molecular weight is 432 g/mol. The van der Waals surface area contributed by atoms with Crippen molar-refractivity contribution >= 4 is 22.6 Å². The highest BCUT2D eigenvalue weighted by molar-refractivity contribution is 5.96. The molecule has 2 fully saturated rings. The van der Waals surface area contributed by atoms with Gasteiger partial charge in [-0.2, -0.15) is 5.10 Å². The van der Waals surface area contributed by atoms with Crippen LogP contribution in [0, 0.1) is 12.3 Å². The Kier molecular flexibility index (Phi) is 4.97. The van der Waals surface area contributed by atoms with E-state index in [0.29, 0.717) is 0 Å². The highest BCUT2D eigenvalue weighted by atomic mass is 16.2. The van der Waals surface area contributed by atoms with Crippen molar-refractivity contribution in [1.82, 2.24) is 30.0 Å². The molecule has 2 aliphatic rings. The number of nitrogens with one attached hydrogen (secondary N) is 1. The molecule has 2 aromatic heterocycles. The third-order valence-corrected chi connectivity index (χ3v) is 6.74. The standard InChI is InChI=1S/C24H29N7O/c1-5-20(32)31-13-24(14-31)8-9-30(12-24)23-18(11-29(3)4)22(25-15-26-23)21-16(2)6-7-19-17(21)10-27-28-19/h5-7,10,15H,1,8-9,11-14H2,2-4H3,(H,27,28). The maximum absolute atomic E-state index is 11.9. The second-order valence-corrected chi connectivity index (χ2v) is 9.42. The highest BCUT2D eigenvalue weighted by Gasteiger charge is 2.49. The first kappa shape index (κ1) is 20.6. The van der Waals surface area contributed by atoms with E-state index in [2.05, 4.69) is 59.7 Å². The third kappa shape index (κ3) is 3.35. The molecule has 0 atom stereocenters. The highest BCUT2D eigenvalue weighted by Crippen LogP contribution is 2.43. The van der Waals surface area contributed by atoms with Crippen LogP contribution in [0.4, 0.5) is 5.82 Å². The molecule has 0 saturated carbocycles. The van der Waals surface area contributed by atoms with Gasteiger partial charge in [0.05, 0.1) is 17.4 Å². The first-order chi connectivity index (χ1) is 15.4.